The van der Waals surface area contributed by atoms with E-state index in [0.717, 1.165) is 51.5 Å². The van der Waals surface area contributed by atoms with Gasteiger partial charge in [0.15, 0.2) is 5.96 Å². The number of aliphatic hydroxyl groups is 1. The van der Waals surface area contributed by atoms with Crippen molar-refractivity contribution in [2.45, 2.75) is 45.9 Å². The Morgan fingerprint density at radius 3 is 2.35 bits per heavy atom. The van der Waals surface area contributed by atoms with Gasteiger partial charge < -0.3 is 15.7 Å². The van der Waals surface area contributed by atoms with Gasteiger partial charge in [-0.2, -0.15) is 0 Å². The topological polar surface area (TPSA) is 59.9 Å². The smallest absolute Gasteiger partial charge is 0.191 e. The first-order valence-corrected chi connectivity index (χ1v) is 8.72. The maximum Gasteiger partial charge on any atom is 0.191 e. The average Bonchev–Trinajstić information content (AvgIpc) is 2.56. The number of nitrogens with zero attached hydrogens (tertiary/aromatic N) is 2. The number of benzene rings is 1. The minimum absolute atomic E-state index is 0.117. The molecule has 1 heterocycles. The van der Waals surface area contributed by atoms with Gasteiger partial charge in [0, 0.05) is 32.7 Å². The van der Waals surface area contributed by atoms with Crippen molar-refractivity contribution in [2.75, 3.05) is 26.2 Å². The molecule has 1 aliphatic rings. The third kappa shape index (κ3) is 5.84. The van der Waals surface area contributed by atoms with E-state index in [0.29, 0.717) is 6.54 Å². The van der Waals surface area contributed by atoms with Gasteiger partial charge in [0.1, 0.15) is 0 Å². The van der Waals surface area contributed by atoms with Gasteiger partial charge in [-0.25, -0.2) is 4.99 Å². The van der Waals surface area contributed by atoms with Crippen LogP contribution in [0, 0.1) is 0 Å². The van der Waals surface area contributed by atoms with E-state index in [1.807, 2.05) is 0 Å². The van der Waals surface area contributed by atoms with Crippen LogP contribution < -0.4 is 10.6 Å². The van der Waals surface area contributed by atoms with E-state index >= 15 is 0 Å². The van der Waals surface area contributed by atoms with Crippen molar-refractivity contribution in [3.8, 4) is 0 Å². The molecule has 0 bridgehead atoms. The van der Waals surface area contributed by atoms with E-state index in [4.69, 9.17) is 0 Å². The number of hydrogen-bond donors (Lipinski definition) is 3. The predicted octanol–water partition coefficient (Wildman–Crippen LogP) is 1.72. The Morgan fingerprint density at radius 1 is 1.13 bits per heavy atom. The molecule has 1 saturated heterocycles. The molecule has 0 radical (unpaired) electrons. The molecule has 2 rings (SSSR count). The molecular weight excluding hydrogens is 288 g/mol. The number of hydrogen-bond acceptors (Lipinski definition) is 3. The summed E-state index contributed by atoms with van der Waals surface area (Å²) in [5.41, 5.74) is 2.60. The molecule has 1 aromatic carbocycles. The number of likely N-dealkylation sites (tertiary alicyclic amines) is 1. The Balaban J connectivity index is 2.00. The molecule has 1 aromatic rings. The molecule has 0 aromatic heterocycles. The van der Waals surface area contributed by atoms with E-state index in [1.165, 1.54) is 11.1 Å². The van der Waals surface area contributed by atoms with E-state index in [9.17, 15) is 5.11 Å². The fraction of sp³-hybridized carbons (Fsp3) is 0.611. The van der Waals surface area contributed by atoms with Crippen molar-refractivity contribution in [3.05, 3.63) is 35.4 Å². The third-order valence-electron chi connectivity index (χ3n) is 4.17. The van der Waals surface area contributed by atoms with Crippen LogP contribution in [0.2, 0.25) is 0 Å². The maximum absolute atomic E-state index is 9.64. The van der Waals surface area contributed by atoms with E-state index in [2.05, 4.69) is 58.6 Å². The lowest BCUT2D eigenvalue weighted by Gasteiger charge is -2.30. The Hall–Kier alpha value is -1.59. The van der Waals surface area contributed by atoms with Crippen molar-refractivity contribution in [3.63, 3.8) is 0 Å². The zero-order valence-corrected chi connectivity index (χ0v) is 14.4. The lowest BCUT2D eigenvalue weighted by Crippen LogP contribution is -2.37. The number of guanidine groups is 1. The molecule has 5 nitrogen and oxygen atoms in total. The number of rotatable bonds is 6. The normalized spacial score (nSPS) is 16.1. The highest BCUT2D eigenvalue weighted by Crippen LogP contribution is 2.17. The molecule has 0 spiro atoms. The van der Waals surface area contributed by atoms with Crippen LogP contribution in [0.5, 0.6) is 0 Å². The number of aliphatic hydroxyl groups excluding tert-OH is 1. The predicted molar refractivity (Wildman–Crippen MR) is 95.5 cm³/mol. The zero-order valence-electron chi connectivity index (χ0n) is 14.4. The fourth-order valence-corrected chi connectivity index (χ4v) is 2.86. The molecule has 23 heavy (non-hydrogen) atoms. The highest BCUT2D eigenvalue weighted by atomic mass is 16.3. The zero-order chi connectivity index (χ0) is 16.5. The Kier molecular flexibility index (Phi) is 7.36. The largest absolute Gasteiger partial charge is 0.393 e. The van der Waals surface area contributed by atoms with Crippen LogP contribution in [0.15, 0.2) is 29.3 Å². The van der Waals surface area contributed by atoms with Gasteiger partial charge in [0.2, 0.25) is 0 Å². The van der Waals surface area contributed by atoms with Crippen LogP contribution in [-0.2, 0) is 13.1 Å². The summed E-state index contributed by atoms with van der Waals surface area (Å²) in [6, 6.07) is 8.52. The van der Waals surface area contributed by atoms with Crippen molar-refractivity contribution in [1.29, 1.82) is 0 Å². The first kappa shape index (κ1) is 17.8. The van der Waals surface area contributed by atoms with E-state index < -0.39 is 0 Å². The Bertz CT molecular complexity index is 488. The lowest BCUT2D eigenvalue weighted by atomic mass is 10.0. The highest BCUT2D eigenvalue weighted by Gasteiger charge is 2.17. The summed E-state index contributed by atoms with van der Waals surface area (Å²) in [6.45, 7) is 9.44. The summed E-state index contributed by atoms with van der Waals surface area (Å²) in [4.78, 5) is 7.10. The maximum atomic E-state index is 9.64. The number of aliphatic imine (C=N–C) groups is 1. The summed E-state index contributed by atoms with van der Waals surface area (Å²) < 4.78 is 0. The Morgan fingerprint density at radius 2 is 1.74 bits per heavy atom. The molecular formula is C18H30N4O. The quantitative estimate of drug-likeness (QED) is 0.552. The molecule has 0 amide bonds. The van der Waals surface area contributed by atoms with Gasteiger partial charge in [-0.1, -0.05) is 24.3 Å². The number of nitrogens with one attached hydrogen (secondary N) is 2. The molecule has 0 saturated carbocycles. The number of piperidine rings is 1. The fourth-order valence-electron chi connectivity index (χ4n) is 2.86. The van der Waals surface area contributed by atoms with Gasteiger partial charge in [-0.15, -0.1) is 0 Å². The first-order valence-electron chi connectivity index (χ1n) is 8.72. The third-order valence-corrected chi connectivity index (χ3v) is 4.17. The van der Waals surface area contributed by atoms with Crippen LogP contribution in [0.1, 0.15) is 37.8 Å². The van der Waals surface area contributed by atoms with Gasteiger partial charge in [0.05, 0.1) is 12.6 Å². The second-order valence-corrected chi connectivity index (χ2v) is 6.00. The molecule has 0 aliphatic carbocycles. The molecule has 1 fully saturated rings. The monoisotopic (exact) mass is 318 g/mol. The van der Waals surface area contributed by atoms with Crippen molar-refractivity contribution >= 4 is 5.96 Å². The summed E-state index contributed by atoms with van der Waals surface area (Å²) in [5, 5.41) is 16.2. The van der Waals surface area contributed by atoms with Crippen LogP contribution in [0.4, 0.5) is 0 Å². The lowest BCUT2D eigenvalue weighted by molar-refractivity contribution is 0.0791. The first-order chi connectivity index (χ1) is 11.2. The molecule has 0 atom stereocenters. The summed E-state index contributed by atoms with van der Waals surface area (Å²) in [5.74, 6) is 0.867. The van der Waals surface area contributed by atoms with E-state index in [-0.39, 0.29) is 6.10 Å². The van der Waals surface area contributed by atoms with Gasteiger partial charge >= 0.3 is 0 Å². The summed E-state index contributed by atoms with van der Waals surface area (Å²) in [6.07, 6.45) is 1.64. The van der Waals surface area contributed by atoms with Gasteiger partial charge in [-0.3, -0.25) is 4.90 Å². The van der Waals surface area contributed by atoms with Crippen LogP contribution in [0.3, 0.4) is 0 Å². The Labute approximate surface area is 139 Å². The summed E-state index contributed by atoms with van der Waals surface area (Å²) in [7, 11) is 0. The van der Waals surface area contributed by atoms with Crippen LogP contribution in [0.25, 0.3) is 0 Å². The standard InChI is InChI=1S/C18H30N4O/c1-3-19-18(20-4-2)21-13-15-7-5-6-8-16(15)14-22-11-9-17(23)10-12-22/h5-8,17,23H,3-4,9-14H2,1-2H3,(H2,19,20,21). The van der Waals surface area contributed by atoms with Gasteiger partial charge in [0.25, 0.3) is 0 Å². The van der Waals surface area contributed by atoms with Crippen molar-refractivity contribution < 1.29 is 5.11 Å². The van der Waals surface area contributed by atoms with Gasteiger partial charge in [-0.05, 0) is 37.8 Å². The molecule has 1 aliphatic heterocycles. The van der Waals surface area contributed by atoms with E-state index in [1.54, 1.807) is 0 Å². The second-order valence-electron chi connectivity index (χ2n) is 6.00. The molecule has 0 unspecified atom stereocenters. The molecule has 5 heteroatoms. The van der Waals surface area contributed by atoms with Crippen molar-refractivity contribution in [2.24, 2.45) is 4.99 Å². The molecule has 128 valence electrons. The summed E-state index contributed by atoms with van der Waals surface area (Å²) >= 11 is 0. The van der Waals surface area contributed by atoms with Crippen molar-refractivity contribution in [1.82, 2.24) is 15.5 Å². The average molecular weight is 318 g/mol. The SMILES string of the molecule is CCNC(=NCc1ccccc1CN1CCC(O)CC1)NCC. The minimum Gasteiger partial charge on any atom is -0.393 e. The molecule has 3 N–H and O–H groups in total. The highest BCUT2D eigenvalue weighted by molar-refractivity contribution is 5.79. The minimum atomic E-state index is -0.117. The van der Waals surface area contributed by atoms with Crippen LogP contribution in [-0.4, -0.2) is 48.2 Å². The van der Waals surface area contributed by atoms with Crippen LogP contribution >= 0.6 is 0 Å². The second kappa shape index (κ2) is 9.53.